The highest BCUT2D eigenvalue weighted by Gasteiger charge is 2.23. The molecule has 0 aliphatic rings. The number of amides is 1. The van der Waals surface area contributed by atoms with Gasteiger partial charge in [0.25, 0.3) is 5.91 Å². The lowest BCUT2D eigenvalue weighted by Crippen LogP contribution is -2.41. The monoisotopic (exact) mass is 552 g/mol. The summed E-state index contributed by atoms with van der Waals surface area (Å²) in [4.78, 5) is 27.6. The molecular formula is C34H36N2O3S. The van der Waals surface area contributed by atoms with E-state index in [1.54, 1.807) is 11.8 Å². The fourth-order valence-electron chi connectivity index (χ4n) is 4.73. The molecule has 0 heterocycles. The van der Waals surface area contributed by atoms with E-state index in [0.717, 1.165) is 34.5 Å². The van der Waals surface area contributed by atoms with E-state index < -0.39 is 12.0 Å². The molecular weight excluding hydrogens is 516 g/mol. The molecule has 0 saturated heterocycles. The van der Waals surface area contributed by atoms with Crippen molar-refractivity contribution in [3.05, 3.63) is 125 Å². The van der Waals surface area contributed by atoms with Crippen molar-refractivity contribution in [2.75, 3.05) is 16.9 Å². The van der Waals surface area contributed by atoms with Crippen LogP contribution in [0, 0.1) is 13.8 Å². The van der Waals surface area contributed by atoms with Gasteiger partial charge in [0.15, 0.2) is 0 Å². The molecule has 0 saturated carbocycles. The Bertz CT molecular complexity index is 1440. The number of aliphatic carboxylic acids is 1. The molecule has 0 aromatic heterocycles. The number of carbonyl (C=O) groups is 2. The highest BCUT2D eigenvalue weighted by atomic mass is 32.2. The zero-order chi connectivity index (χ0) is 28.5. The minimum Gasteiger partial charge on any atom is -0.480 e. The van der Waals surface area contributed by atoms with Crippen LogP contribution in [0.4, 0.5) is 5.69 Å². The third-order valence-electron chi connectivity index (χ3n) is 6.97. The first-order valence-corrected chi connectivity index (χ1v) is 14.8. The molecule has 0 bridgehead atoms. The maximum atomic E-state index is 13.5. The Hall–Kier alpha value is -4.03. The summed E-state index contributed by atoms with van der Waals surface area (Å²) in [6.45, 7) is 5.49. The van der Waals surface area contributed by atoms with Gasteiger partial charge in [-0.2, -0.15) is 11.8 Å². The normalized spacial score (nSPS) is 11.6. The molecule has 0 aliphatic heterocycles. The number of carbonyl (C=O) groups excluding carboxylic acids is 1. The first-order chi connectivity index (χ1) is 19.4. The molecule has 1 unspecified atom stereocenters. The average Bonchev–Trinajstić information content (AvgIpc) is 2.96. The van der Waals surface area contributed by atoms with Gasteiger partial charge in [0, 0.05) is 24.3 Å². The third kappa shape index (κ3) is 7.54. The van der Waals surface area contributed by atoms with Gasteiger partial charge in [0.1, 0.15) is 6.04 Å². The van der Waals surface area contributed by atoms with Crippen molar-refractivity contribution in [3.63, 3.8) is 0 Å². The molecule has 4 aromatic rings. The summed E-state index contributed by atoms with van der Waals surface area (Å²) in [5, 5.41) is 12.4. The average molecular weight is 553 g/mol. The van der Waals surface area contributed by atoms with Crippen LogP contribution in [0.15, 0.2) is 97.1 Å². The SMILES string of the molecule is CSCCC(NC(=O)c1ccc(CN(Cc2ccccc2)c2ccc(C)cc2)cc1-c1ccccc1C)C(=O)O. The number of thioether (sulfide) groups is 1. The summed E-state index contributed by atoms with van der Waals surface area (Å²) in [6.07, 6.45) is 2.29. The van der Waals surface area contributed by atoms with Crippen molar-refractivity contribution in [2.24, 2.45) is 0 Å². The molecule has 1 atom stereocenters. The number of carboxylic acid groups (broad SMARTS) is 1. The van der Waals surface area contributed by atoms with Gasteiger partial charge in [-0.05, 0) is 84.4 Å². The molecule has 1 amide bonds. The van der Waals surface area contributed by atoms with Crippen LogP contribution in [0.25, 0.3) is 11.1 Å². The van der Waals surface area contributed by atoms with Gasteiger partial charge < -0.3 is 15.3 Å². The lowest BCUT2D eigenvalue weighted by molar-refractivity contribution is -0.139. The quantitative estimate of drug-likeness (QED) is 0.196. The minimum absolute atomic E-state index is 0.366. The van der Waals surface area contributed by atoms with Crippen LogP contribution in [0.2, 0.25) is 0 Å². The Labute approximate surface area is 241 Å². The number of nitrogens with one attached hydrogen (secondary N) is 1. The smallest absolute Gasteiger partial charge is 0.326 e. The first-order valence-electron chi connectivity index (χ1n) is 13.4. The second kappa shape index (κ2) is 13.9. The zero-order valence-electron chi connectivity index (χ0n) is 23.3. The minimum atomic E-state index is -1.02. The second-order valence-corrected chi connectivity index (χ2v) is 11.0. The highest BCUT2D eigenvalue weighted by Crippen LogP contribution is 2.30. The zero-order valence-corrected chi connectivity index (χ0v) is 24.1. The Morgan fingerprint density at radius 1 is 0.825 bits per heavy atom. The Kier molecular flexibility index (Phi) is 10.0. The van der Waals surface area contributed by atoms with Gasteiger partial charge in [-0.25, -0.2) is 4.79 Å². The van der Waals surface area contributed by atoms with E-state index in [4.69, 9.17) is 0 Å². The Morgan fingerprint density at radius 2 is 1.50 bits per heavy atom. The van der Waals surface area contributed by atoms with Gasteiger partial charge in [0.05, 0.1) is 0 Å². The van der Waals surface area contributed by atoms with E-state index in [0.29, 0.717) is 24.3 Å². The van der Waals surface area contributed by atoms with Crippen molar-refractivity contribution >= 4 is 29.3 Å². The van der Waals surface area contributed by atoms with Crippen molar-refractivity contribution < 1.29 is 14.7 Å². The van der Waals surface area contributed by atoms with Gasteiger partial charge in [-0.15, -0.1) is 0 Å². The Balaban J connectivity index is 1.71. The summed E-state index contributed by atoms with van der Waals surface area (Å²) in [6, 6.07) is 31.8. The molecule has 5 nitrogen and oxygen atoms in total. The number of aryl methyl sites for hydroxylation is 2. The summed E-state index contributed by atoms with van der Waals surface area (Å²) in [7, 11) is 0. The van der Waals surface area contributed by atoms with Crippen LogP contribution in [-0.2, 0) is 17.9 Å². The number of hydrogen-bond acceptors (Lipinski definition) is 4. The third-order valence-corrected chi connectivity index (χ3v) is 7.61. The van der Waals surface area contributed by atoms with Gasteiger partial charge >= 0.3 is 5.97 Å². The maximum absolute atomic E-state index is 13.5. The van der Waals surface area contributed by atoms with E-state index >= 15 is 0 Å². The predicted octanol–water partition coefficient (Wildman–Crippen LogP) is 7.11. The summed E-state index contributed by atoms with van der Waals surface area (Å²) >= 11 is 1.56. The van der Waals surface area contributed by atoms with Crippen LogP contribution < -0.4 is 10.2 Å². The molecule has 0 spiro atoms. The van der Waals surface area contributed by atoms with Crippen molar-refractivity contribution in [1.82, 2.24) is 5.32 Å². The van der Waals surface area contributed by atoms with Crippen molar-refractivity contribution in [3.8, 4) is 11.1 Å². The molecule has 0 radical (unpaired) electrons. The number of rotatable bonds is 12. The van der Waals surface area contributed by atoms with E-state index in [-0.39, 0.29) is 5.91 Å². The van der Waals surface area contributed by atoms with E-state index in [1.807, 2.05) is 55.6 Å². The van der Waals surface area contributed by atoms with Crippen LogP contribution in [-0.4, -0.2) is 35.0 Å². The van der Waals surface area contributed by atoms with Gasteiger partial charge in [-0.3, -0.25) is 4.79 Å². The number of carboxylic acids is 1. The lowest BCUT2D eigenvalue weighted by atomic mass is 9.93. The fraction of sp³-hybridized carbons (Fsp3) is 0.235. The van der Waals surface area contributed by atoms with E-state index in [1.165, 1.54) is 11.1 Å². The van der Waals surface area contributed by atoms with E-state index in [2.05, 4.69) is 71.7 Å². The topological polar surface area (TPSA) is 69.6 Å². The standard InChI is InChI=1S/C34H36N2O3S/c1-24-13-16-28(17-14-24)36(22-26-10-5-4-6-11-26)23-27-15-18-30(31(21-27)29-12-8-7-9-25(29)2)33(37)35-32(34(38)39)19-20-40-3/h4-18,21,32H,19-20,22-23H2,1-3H3,(H,35,37)(H,38,39). The largest absolute Gasteiger partial charge is 0.480 e. The lowest BCUT2D eigenvalue weighted by Gasteiger charge is -2.26. The molecule has 4 aromatic carbocycles. The van der Waals surface area contributed by atoms with Crippen LogP contribution in [0.3, 0.4) is 0 Å². The number of anilines is 1. The predicted molar refractivity (Wildman–Crippen MR) is 166 cm³/mol. The first kappa shape index (κ1) is 29.0. The summed E-state index contributed by atoms with van der Waals surface area (Å²) < 4.78 is 0. The molecule has 2 N–H and O–H groups in total. The summed E-state index contributed by atoms with van der Waals surface area (Å²) in [5.41, 5.74) is 7.86. The molecule has 206 valence electrons. The van der Waals surface area contributed by atoms with Gasteiger partial charge in [0.2, 0.25) is 0 Å². The maximum Gasteiger partial charge on any atom is 0.326 e. The highest BCUT2D eigenvalue weighted by molar-refractivity contribution is 7.98. The second-order valence-electron chi connectivity index (χ2n) is 10.0. The molecule has 0 fully saturated rings. The van der Waals surface area contributed by atoms with Crippen LogP contribution >= 0.6 is 11.8 Å². The molecule has 0 aliphatic carbocycles. The fourth-order valence-corrected chi connectivity index (χ4v) is 5.20. The van der Waals surface area contributed by atoms with Crippen molar-refractivity contribution in [2.45, 2.75) is 39.4 Å². The molecule has 4 rings (SSSR count). The molecule has 6 heteroatoms. The van der Waals surface area contributed by atoms with Crippen LogP contribution in [0.1, 0.15) is 39.0 Å². The number of hydrogen-bond donors (Lipinski definition) is 2. The number of benzene rings is 4. The molecule has 40 heavy (non-hydrogen) atoms. The summed E-state index contributed by atoms with van der Waals surface area (Å²) in [5.74, 6) is -0.749. The van der Waals surface area contributed by atoms with E-state index in [9.17, 15) is 14.7 Å². The van der Waals surface area contributed by atoms with Crippen molar-refractivity contribution in [1.29, 1.82) is 0 Å². The van der Waals surface area contributed by atoms with Crippen LogP contribution in [0.5, 0.6) is 0 Å². The number of nitrogens with zero attached hydrogens (tertiary/aromatic N) is 1. The van der Waals surface area contributed by atoms with Gasteiger partial charge in [-0.1, -0.05) is 78.4 Å². The Morgan fingerprint density at radius 3 is 2.17 bits per heavy atom.